The number of carboxylic acid groups (broad SMARTS) is 1. The second-order valence-corrected chi connectivity index (χ2v) is 4.93. The Morgan fingerprint density at radius 1 is 1.29 bits per heavy atom. The van der Waals surface area contributed by atoms with E-state index in [0.29, 0.717) is 18.9 Å². The Morgan fingerprint density at radius 3 is 2.38 bits per heavy atom. The highest BCUT2D eigenvalue weighted by molar-refractivity contribution is 5.95. The maximum absolute atomic E-state index is 13.7. The van der Waals surface area contributed by atoms with Crippen molar-refractivity contribution in [1.29, 1.82) is 0 Å². The molecule has 2 rings (SSSR count). The highest BCUT2D eigenvalue weighted by atomic mass is 19.4. The van der Waals surface area contributed by atoms with Crippen LogP contribution in [0.2, 0.25) is 0 Å². The minimum Gasteiger partial charge on any atom is -0.481 e. The van der Waals surface area contributed by atoms with Gasteiger partial charge in [0, 0.05) is 6.54 Å². The van der Waals surface area contributed by atoms with Gasteiger partial charge in [0.05, 0.1) is 16.5 Å². The van der Waals surface area contributed by atoms with Crippen LogP contribution in [0.3, 0.4) is 0 Å². The molecule has 0 saturated heterocycles. The summed E-state index contributed by atoms with van der Waals surface area (Å²) < 4.78 is 51.3. The fourth-order valence-electron chi connectivity index (χ4n) is 1.89. The number of alkyl halides is 3. The number of amides is 1. The summed E-state index contributed by atoms with van der Waals surface area (Å²) in [4.78, 5) is 22.6. The molecule has 1 aliphatic carbocycles. The minimum atomic E-state index is -4.90. The average Bonchev–Trinajstić information content (AvgIpc) is 3.16. The zero-order valence-corrected chi connectivity index (χ0v) is 10.6. The summed E-state index contributed by atoms with van der Waals surface area (Å²) in [6.07, 6.45) is -4.17. The van der Waals surface area contributed by atoms with Gasteiger partial charge in [-0.2, -0.15) is 13.2 Å². The third kappa shape index (κ3) is 2.98. The van der Waals surface area contributed by atoms with Gasteiger partial charge in [0.15, 0.2) is 0 Å². The number of hydrogen-bond donors (Lipinski definition) is 2. The van der Waals surface area contributed by atoms with Gasteiger partial charge in [0.1, 0.15) is 5.82 Å². The number of carboxylic acids is 1. The average molecular weight is 305 g/mol. The highest BCUT2D eigenvalue weighted by Gasteiger charge is 2.50. The normalized spacial score (nSPS) is 16.4. The first-order valence-electron chi connectivity index (χ1n) is 6.05. The van der Waals surface area contributed by atoms with Crippen molar-refractivity contribution in [1.82, 2.24) is 5.32 Å². The van der Waals surface area contributed by atoms with Gasteiger partial charge in [-0.25, -0.2) is 4.39 Å². The van der Waals surface area contributed by atoms with Crippen molar-refractivity contribution in [2.45, 2.75) is 19.0 Å². The zero-order chi connectivity index (χ0) is 15.8. The van der Waals surface area contributed by atoms with Gasteiger partial charge < -0.3 is 10.4 Å². The lowest BCUT2D eigenvalue weighted by atomic mass is 10.1. The summed E-state index contributed by atoms with van der Waals surface area (Å²) in [7, 11) is 0. The van der Waals surface area contributed by atoms with Crippen LogP contribution < -0.4 is 5.32 Å². The number of benzene rings is 1. The van der Waals surface area contributed by atoms with E-state index < -0.39 is 40.4 Å². The van der Waals surface area contributed by atoms with Gasteiger partial charge in [0.25, 0.3) is 5.91 Å². The predicted octanol–water partition coefficient (Wildman–Crippen LogP) is 2.44. The fraction of sp³-hybridized carbons (Fsp3) is 0.385. The molecular weight excluding hydrogens is 294 g/mol. The molecule has 0 radical (unpaired) electrons. The molecule has 1 amide bonds. The molecule has 2 N–H and O–H groups in total. The fourth-order valence-corrected chi connectivity index (χ4v) is 1.89. The number of hydrogen-bond acceptors (Lipinski definition) is 2. The Morgan fingerprint density at radius 2 is 1.90 bits per heavy atom. The van der Waals surface area contributed by atoms with E-state index in [1.54, 1.807) is 0 Å². The number of nitrogens with one attached hydrogen (secondary N) is 1. The Balaban J connectivity index is 2.15. The van der Waals surface area contributed by atoms with Gasteiger partial charge in [-0.1, -0.05) is 6.07 Å². The van der Waals surface area contributed by atoms with Gasteiger partial charge in [-0.3, -0.25) is 9.59 Å². The lowest BCUT2D eigenvalue weighted by Gasteiger charge is -2.13. The Kier molecular flexibility index (Phi) is 3.65. The number of carbonyl (C=O) groups excluding carboxylic acids is 1. The molecule has 114 valence electrons. The van der Waals surface area contributed by atoms with Gasteiger partial charge in [-0.05, 0) is 25.0 Å². The van der Waals surface area contributed by atoms with Crippen molar-refractivity contribution in [3.8, 4) is 0 Å². The monoisotopic (exact) mass is 305 g/mol. The molecule has 1 aromatic carbocycles. The number of aliphatic carboxylic acids is 1. The third-order valence-corrected chi connectivity index (χ3v) is 3.44. The van der Waals surface area contributed by atoms with Crippen LogP contribution in [0.4, 0.5) is 17.6 Å². The molecule has 0 bridgehead atoms. The zero-order valence-electron chi connectivity index (χ0n) is 10.6. The van der Waals surface area contributed by atoms with Crippen LogP contribution in [0.25, 0.3) is 0 Å². The Hall–Kier alpha value is -2.12. The lowest BCUT2D eigenvalue weighted by molar-refractivity contribution is -0.143. The van der Waals surface area contributed by atoms with Crippen molar-refractivity contribution in [2.24, 2.45) is 5.41 Å². The van der Waals surface area contributed by atoms with E-state index in [9.17, 15) is 27.2 Å². The molecule has 1 aliphatic rings. The lowest BCUT2D eigenvalue weighted by Crippen LogP contribution is -2.34. The maximum atomic E-state index is 13.7. The third-order valence-electron chi connectivity index (χ3n) is 3.44. The van der Waals surface area contributed by atoms with Crippen LogP contribution in [-0.2, 0) is 11.0 Å². The van der Waals surface area contributed by atoms with E-state index in [2.05, 4.69) is 5.32 Å². The van der Waals surface area contributed by atoms with Crippen LogP contribution in [0, 0.1) is 11.2 Å². The smallest absolute Gasteiger partial charge is 0.419 e. The maximum Gasteiger partial charge on any atom is 0.419 e. The van der Waals surface area contributed by atoms with Crippen molar-refractivity contribution >= 4 is 11.9 Å². The molecule has 0 aliphatic heterocycles. The molecule has 0 heterocycles. The van der Waals surface area contributed by atoms with Crippen molar-refractivity contribution in [2.75, 3.05) is 6.54 Å². The Bertz CT molecular complexity index is 594. The van der Waals surface area contributed by atoms with E-state index in [1.807, 2.05) is 0 Å². The summed E-state index contributed by atoms with van der Waals surface area (Å²) in [5.74, 6) is -3.82. The van der Waals surface area contributed by atoms with Crippen molar-refractivity contribution < 1.29 is 32.3 Å². The van der Waals surface area contributed by atoms with E-state index in [0.717, 1.165) is 12.1 Å². The standard InChI is InChI=1S/C13H11F4NO3/c14-9-7(2-1-3-8(9)13(15,16)17)10(19)18-6-12(4-5-12)11(20)21/h1-3H,4-6H2,(H,18,19)(H,20,21). The molecule has 0 unspecified atom stereocenters. The minimum absolute atomic E-state index is 0.239. The van der Waals surface area contributed by atoms with E-state index >= 15 is 0 Å². The second kappa shape index (κ2) is 5.01. The molecule has 0 aromatic heterocycles. The van der Waals surface area contributed by atoms with Crippen LogP contribution >= 0.6 is 0 Å². The SMILES string of the molecule is O=C(NCC1(C(=O)O)CC1)c1cccc(C(F)(F)F)c1F. The molecule has 4 nitrogen and oxygen atoms in total. The largest absolute Gasteiger partial charge is 0.481 e. The molecule has 8 heteroatoms. The summed E-state index contributed by atoms with van der Waals surface area (Å²) in [5, 5.41) is 11.1. The topological polar surface area (TPSA) is 66.4 Å². The first-order valence-corrected chi connectivity index (χ1v) is 6.05. The first kappa shape index (κ1) is 15.3. The van der Waals surface area contributed by atoms with Crippen LogP contribution in [0.15, 0.2) is 18.2 Å². The number of rotatable bonds is 4. The molecule has 1 aromatic rings. The molecular formula is C13H11F4NO3. The summed E-state index contributed by atoms with van der Waals surface area (Å²) >= 11 is 0. The van der Waals surface area contributed by atoms with Gasteiger partial charge in [-0.15, -0.1) is 0 Å². The molecule has 1 fully saturated rings. The molecule has 0 atom stereocenters. The van der Waals surface area contributed by atoms with Gasteiger partial charge >= 0.3 is 12.1 Å². The van der Waals surface area contributed by atoms with Crippen LogP contribution in [0.1, 0.15) is 28.8 Å². The first-order chi connectivity index (χ1) is 9.67. The number of halogens is 4. The predicted molar refractivity (Wildman–Crippen MR) is 63.0 cm³/mol. The summed E-state index contributed by atoms with van der Waals surface area (Å²) in [6.45, 7) is -0.239. The van der Waals surface area contributed by atoms with Crippen LogP contribution in [-0.4, -0.2) is 23.5 Å². The van der Waals surface area contributed by atoms with Crippen molar-refractivity contribution in [3.05, 3.63) is 35.1 Å². The summed E-state index contributed by atoms with van der Waals surface area (Å²) in [6, 6.07) is 2.37. The van der Waals surface area contributed by atoms with E-state index in [4.69, 9.17) is 5.11 Å². The van der Waals surface area contributed by atoms with E-state index in [1.165, 1.54) is 0 Å². The molecule has 21 heavy (non-hydrogen) atoms. The summed E-state index contributed by atoms with van der Waals surface area (Å²) in [5.41, 5.74) is -3.37. The number of carbonyl (C=O) groups is 2. The van der Waals surface area contributed by atoms with E-state index in [-0.39, 0.29) is 6.54 Å². The highest BCUT2D eigenvalue weighted by Crippen LogP contribution is 2.45. The second-order valence-electron chi connectivity index (χ2n) is 4.93. The quantitative estimate of drug-likeness (QED) is 0.840. The van der Waals surface area contributed by atoms with Crippen molar-refractivity contribution in [3.63, 3.8) is 0 Å². The molecule has 0 spiro atoms. The van der Waals surface area contributed by atoms with Gasteiger partial charge in [0.2, 0.25) is 0 Å². The van der Waals surface area contributed by atoms with Crippen LogP contribution in [0.5, 0.6) is 0 Å². The Labute approximate surface area is 116 Å². The molecule has 1 saturated carbocycles.